The minimum Gasteiger partial charge on any atom is -0.377 e. The first kappa shape index (κ1) is 28.2. The number of nitrogens with one attached hydrogen (secondary N) is 2. The van der Waals surface area contributed by atoms with Gasteiger partial charge in [-0.25, -0.2) is 23.1 Å². The van der Waals surface area contributed by atoms with Gasteiger partial charge in [0.2, 0.25) is 16.0 Å². The Labute approximate surface area is 247 Å². The van der Waals surface area contributed by atoms with Gasteiger partial charge >= 0.3 is 0 Å². The van der Waals surface area contributed by atoms with Crippen LogP contribution >= 0.6 is 11.6 Å². The number of rotatable bonds is 7. The van der Waals surface area contributed by atoms with Crippen molar-refractivity contribution < 1.29 is 13.2 Å². The second-order valence-corrected chi connectivity index (χ2v) is 13.4. The molecule has 2 fully saturated rings. The molecule has 3 aromatic heterocycles. The molecule has 220 valence electrons. The molecule has 4 atom stereocenters. The van der Waals surface area contributed by atoms with E-state index in [-0.39, 0.29) is 22.1 Å². The molecule has 1 saturated carbocycles. The highest BCUT2D eigenvalue weighted by Crippen LogP contribution is 2.58. The maximum atomic E-state index is 13.6. The van der Waals surface area contributed by atoms with Crippen molar-refractivity contribution in [2.24, 2.45) is 25.9 Å². The smallest absolute Gasteiger partial charge is 0.285 e. The lowest BCUT2D eigenvalue weighted by molar-refractivity contribution is 0.0977. The topological polar surface area (TPSA) is 144 Å². The number of amides is 1. The first-order chi connectivity index (χ1) is 19.8. The average molecular weight is 611 g/mol. The van der Waals surface area contributed by atoms with Crippen molar-refractivity contribution >= 4 is 50.1 Å². The van der Waals surface area contributed by atoms with E-state index in [1.807, 2.05) is 48.6 Å². The number of halogens is 1. The third-order valence-corrected chi connectivity index (χ3v) is 8.84. The molecule has 12 nitrogen and oxygen atoms in total. The van der Waals surface area contributed by atoms with Crippen LogP contribution in [0.15, 0.2) is 41.3 Å². The van der Waals surface area contributed by atoms with E-state index in [9.17, 15) is 18.0 Å². The van der Waals surface area contributed by atoms with Gasteiger partial charge in [0.05, 0.1) is 34.6 Å². The fourth-order valence-corrected chi connectivity index (χ4v) is 6.73. The van der Waals surface area contributed by atoms with Gasteiger partial charge in [0, 0.05) is 44.9 Å². The minimum atomic E-state index is -3.82. The zero-order valence-electron chi connectivity index (χ0n) is 23.8. The number of aryl methyl sites for hydroxylation is 2. The predicted molar refractivity (Wildman–Crippen MR) is 160 cm³/mol. The Kier molecular flexibility index (Phi) is 6.76. The largest absolute Gasteiger partial charge is 0.377 e. The SMILES string of the molecule is Cc1cc([C@@H](C)Nc2ccc(Cl)nc2C(=O)NS(C)(=O)=O)c2nc(N3C[C@@H]4C(c5ccn(C)n5)[C@@H]4C3)n(C)c(=O)c2c1. The van der Waals surface area contributed by atoms with E-state index >= 15 is 0 Å². The number of carbonyl (C=O) groups excluding carboxylic acids is 1. The summed E-state index contributed by atoms with van der Waals surface area (Å²) in [5.41, 5.74) is 3.28. The van der Waals surface area contributed by atoms with Crippen molar-refractivity contribution in [1.82, 2.24) is 29.0 Å². The number of aromatic nitrogens is 5. The fraction of sp³-hybridized carbons (Fsp3) is 0.393. The fourth-order valence-electron chi connectivity index (χ4n) is 6.15. The molecule has 1 aliphatic heterocycles. The molecule has 14 heteroatoms. The zero-order chi connectivity index (χ0) is 30.1. The Morgan fingerprint density at radius 2 is 1.83 bits per heavy atom. The molecule has 4 aromatic rings. The Morgan fingerprint density at radius 3 is 2.48 bits per heavy atom. The van der Waals surface area contributed by atoms with Crippen LogP contribution in [-0.2, 0) is 24.1 Å². The summed E-state index contributed by atoms with van der Waals surface area (Å²) in [7, 11) is -0.151. The van der Waals surface area contributed by atoms with Crippen LogP contribution in [-0.4, -0.2) is 58.0 Å². The highest BCUT2D eigenvalue weighted by atomic mass is 35.5. The third-order valence-electron chi connectivity index (χ3n) is 8.08. The predicted octanol–water partition coefficient (Wildman–Crippen LogP) is 2.74. The average Bonchev–Trinajstić information content (AvgIpc) is 3.20. The molecule has 1 saturated heterocycles. The molecule has 1 aliphatic carbocycles. The monoisotopic (exact) mass is 610 g/mol. The van der Waals surface area contributed by atoms with E-state index in [0.29, 0.717) is 34.6 Å². The number of hydrogen-bond donors (Lipinski definition) is 2. The van der Waals surface area contributed by atoms with Gasteiger partial charge in [-0.05, 0) is 55.5 Å². The Hall–Kier alpha value is -3.97. The first-order valence-corrected chi connectivity index (χ1v) is 15.8. The molecule has 1 aromatic carbocycles. The summed E-state index contributed by atoms with van der Waals surface area (Å²) in [6, 6.07) is 8.49. The first-order valence-electron chi connectivity index (χ1n) is 13.5. The maximum absolute atomic E-state index is 13.6. The normalized spacial score (nSPS) is 20.4. The number of carbonyl (C=O) groups is 1. The Bertz CT molecular complexity index is 1910. The molecular formula is C28H31ClN8O4S. The summed E-state index contributed by atoms with van der Waals surface area (Å²) in [5.74, 6) is 1.08. The third kappa shape index (κ3) is 5.11. The van der Waals surface area contributed by atoms with Crippen LogP contribution in [0.25, 0.3) is 10.9 Å². The summed E-state index contributed by atoms with van der Waals surface area (Å²) in [6.45, 7) is 5.37. The Morgan fingerprint density at radius 1 is 1.12 bits per heavy atom. The summed E-state index contributed by atoms with van der Waals surface area (Å²) in [6.07, 6.45) is 2.85. The molecule has 2 aliphatic rings. The van der Waals surface area contributed by atoms with Gasteiger partial charge in [-0.1, -0.05) is 17.7 Å². The lowest BCUT2D eigenvalue weighted by atomic mass is 10.0. The number of nitrogens with zero attached hydrogens (tertiary/aromatic N) is 6. The molecule has 42 heavy (non-hydrogen) atoms. The van der Waals surface area contributed by atoms with Crippen LogP contribution < -0.4 is 20.5 Å². The van der Waals surface area contributed by atoms with Crippen LogP contribution in [0.2, 0.25) is 5.15 Å². The molecule has 1 amide bonds. The molecule has 0 spiro atoms. The van der Waals surface area contributed by atoms with E-state index in [4.69, 9.17) is 16.6 Å². The quantitative estimate of drug-likeness (QED) is 0.302. The van der Waals surface area contributed by atoms with Crippen molar-refractivity contribution in [2.45, 2.75) is 25.8 Å². The van der Waals surface area contributed by atoms with Gasteiger partial charge < -0.3 is 10.2 Å². The van der Waals surface area contributed by atoms with Crippen molar-refractivity contribution in [1.29, 1.82) is 0 Å². The highest BCUT2D eigenvalue weighted by molar-refractivity contribution is 7.89. The van der Waals surface area contributed by atoms with Crippen molar-refractivity contribution in [3.8, 4) is 0 Å². The van der Waals surface area contributed by atoms with Gasteiger partial charge in [0.1, 0.15) is 5.15 Å². The standard InChI is InChI=1S/C28H31ClN8O4S/c1-14-10-16(15(2)30-21-6-7-22(29)31-25(21)26(38)34-42(5,40)41)24-17(11-14)27(39)36(4)28(32-24)37-12-18-19(13-37)23(18)20-8-9-35(3)33-20/h6-11,15,18-19,23,30H,12-13H2,1-5H3,(H,34,38)/t15-,18-,19+,23?/m1/s1. The molecule has 1 unspecified atom stereocenters. The maximum Gasteiger partial charge on any atom is 0.285 e. The highest BCUT2D eigenvalue weighted by Gasteiger charge is 2.57. The molecule has 4 heterocycles. The number of benzene rings is 1. The second-order valence-electron chi connectivity index (χ2n) is 11.3. The van der Waals surface area contributed by atoms with E-state index in [1.165, 1.54) is 6.07 Å². The number of hydrogen-bond acceptors (Lipinski definition) is 9. The molecule has 0 bridgehead atoms. The van der Waals surface area contributed by atoms with E-state index in [0.717, 1.165) is 36.2 Å². The number of pyridine rings is 1. The van der Waals surface area contributed by atoms with Crippen LogP contribution in [0, 0.1) is 18.8 Å². The summed E-state index contributed by atoms with van der Waals surface area (Å²) in [4.78, 5) is 37.6. The van der Waals surface area contributed by atoms with Crippen molar-refractivity contribution in [2.75, 3.05) is 29.6 Å². The van der Waals surface area contributed by atoms with Gasteiger partial charge in [-0.2, -0.15) is 5.10 Å². The zero-order valence-corrected chi connectivity index (χ0v) is 25.4. The number of piperidine rings is 1. The second kappa shape index (κ2) is 10.1. The van der Waals surface area contributed by atoms with Crippen LogP contribution in [0.4, 0.5) is 11.6 Å². The Balaban J connectivity index is 1.33. The van der Waals surface area contributed by atoms with Crippen LogP contribution in [0.1, 0.15) is 46.2 Å². The molecule has 2 N–H and O–H groups in total. The van der Waals surface area contributed by atoms with Gasteiger partial charge in [0.25, 0.3) is 11.5 Å². The van der Waals surface area contributed by atoms with Crippen LogP contribution in [0.3, 0.4) is 0 Å². The number of sulfonamides is 1. The van der Waals surface area contributed by atoms with Gasteiger partial charge in [0.15, 0.2) is 5.69 Å². The van der Waals surface area contributed by atoms with E-state index < -0.39 is 22.0 Å². The van der Waals surface area contributed by atoms with E-state index in [1.54, 1.807) is 17.7 Å². The molecule has 0 radical (unpaired) electrons. The number of fused-ring (bicyclic) bond motifs is 2. The summed E-state index contributed by atoms with van der Waals surface area (Å²) < 4.78 is 28.8. The van der Waals surface area contributed by atoms with Crippen molar-refractivity contribution in [3.63, 3.8) is 0 Å². The molecule has 6 rings (SSSR count). The van der Waals surface area contributed by atoms with Crippen molar-refractivity contribution in [3.05, 3.63) is 74.6 Å². The minimum absolute atomic E-state index is 0.0385. The summed E-state index contributed by atoms with van der Waals surface area (Å²) >= 11 is 6.03. The molecular weight excluding hydrogens is 580 g/mol. The van der Waals surface area contributed by atoms with Gasteiger partial charge in [-0.3, -0.25) is 18.8 Å². The van der Waals surface area contributed by atoms with Gasteiger partial charge in [-0.15, -0.1) is 0 Å². The number of anilines is 2. The lowest BCUT2D eigenvalue weighted by Crippen LogP contribution is -2.32. The lowest BCUT2D eigenvalue weighted by Gasteiger charge is -2.25. The van der Waals surface area contributed by atoms with E-state index in [2.05, 4.69) is 26.4 Å². The summed E-state index contributed by atoms with van der Waals surface area (Å²) in [5, 5.41) is 8.38. The van der Waals surface area contributed by atoms with Crippen LogP contribution in [0.5, 0.6) is 0 Å².